The smallest absolute Gasteiger partial charge is 0.273 e. The molecule has 1 aliphatic rings. The fourth-order valence-corrected chi connectivity index (χ4v) is 1.91. The molecule has 1 fully saturated rings. The minimum absolute atomic E-state index is 0. The molecule has 0 aliphatic carbocycles. The van der Waals surface area contributed by atoms with Gasteiger partial charge in [0.05, 0.1) is 11.0 Å². The van der Waals surface area contributed by atoms with E-state index >= 15 is 0 Å². The van der Waals surface area contributed by atoms with Gasteiger partial charge in [0.25, 0.3) is 5.69 Å². The summed E-state index contributed by atoms with van der Waals surface area (Å²) in [6, 6.07) is 6.30. The van der Waals surface area contributed by atoms with Gasteiger partial charge in [0.15, 0.2) is 0 Å². The molecular formula is C12H19Cl2N3O3. The van der Waals surface area contributed by atoms with Crippen LogP contribution < -0.4 is 10.1 Å². The summed E-state index contributed by atoms with van der Waals surface area (Å²) in [5, 5.41) is 13.9. The van der Waals surface area contributed by atoms with Crippen molar-refractivity contribution >= 4 is 30.5 Å². The molecule has 0 atom stereocenters. The van der Waals surface area contributed by atoms with Gasteiger partial charge in [-0.3, -0.25) is 15.0 Å². The number of ether oxygens (including phenoxy) is 1. The highest BCUT2D eigenvalue weighted by Crippen LogP contribution is 2.18. The third-order valence-electron chi connectivity index (χ3n) is 2.91. The van der Waals surface area contributed by atoms with Crippen LogP contribution in [-0.4, -0.2) is 49.2 Å². The lowest BCUT2D eigenvalue weighted by Crippen LogP contribution is -2.44. The van der Waals surface area contributed by atoms with Gasteiger partial charge in [0, 0.05) is 38.8 Å². The zero-order chi connectivity index (χ0) is 12.8. The van der Waals surface area contributed by atoms with Gasteiger partial charge >= 0.3 is 0 Å². The maximum atomic E-state index is 10.6. The number of nitro benzene ring substituents is 1. The number of nitrogens with one attached hydrogen (secondary N) is 1. The molecule has 1 aliphatic heterocycles. The standard InChI is InChI=1S/C12H17N3O3.2ClH/c16-15(17)11-2-1-3-12(10-11)18-9-8-14-6-4-13-5-7-14;;/h1-3,10,13H,4-9H2;2*1H. The van der Waals surface area contributed by atoms with Crippen LogP contribution in [0.25, 0.3) is 0 Å². The molecule has 8 heteroatoms. The fraction of sp³-hybridized carbons (Fsp3) is 0.500. The van der Waals surface area contributed by atoms with Crippen LogP contribution in [0, 0.1) is 10.1 Å². The van der Waals surface area contributed by atoms with Gasteiger partial charge in [-0.1, -0.05) is 6.07 Å². The van der Waals surface area contributed by atoms with E-state index in [1.165, 1.54) is 12.1 Å². The van der Waals surface area contributed by atoms with Gasteiger partial charge in [-0.25, -0.2) is 0 Å². The molecule has 1 N–H and O–H groups in total. The molecule has 0 radical (unpaired) electrons. The van der Waals surface area contributed by atoms with E-state index in [2.05, 4.69) is 10.2 Å². The van der Waals surface area contributed by atoms with Crippen LogP contribution in [0.5, 0.6) is 5.75 Å². The third-order valence-corrected chi connectivity index (χ3v) is 2.91. The Bertz CT molecular complexity index is 415. The van der Waals surface area contributed by atoms with Gasteiger partial charge in [-0.15, -0.1) is 24.8 Å². The van der Waals surface area contributed by atoms with Crippen molar-refractivity contribution in [2.45, 2.75) is 0 Å². The molecular weight excluding hydrogens is 305 g/mol. The van der Waals surface area contributed by atoms with Crippen LogP contribution >= 0.6 is 24.8 Å². The van der Waals surface area contributed by atoms with Gasteiger partial charge in [0.1, 0.15) is 12.4 Å². The zero-order valence-electron chi connectivity index (χ0n) is 11.0. The highest BCUT2D eigenvalue weighted by molar-refractivity contribution is 5.85. The van der Waals surface area contributed by atoms with Gasteiger partial charge in [0.2, 0.25) is 0 Å². The van der Waals surface area contributed by atoms with E-state index in [-0.39, 0.29) is 30.5 Å². The van der Waals surface area contributed by atoms with E-state index < -0.39 is 4.92 Å². The van der Waals surface area contributed by atoms with Crippen molar-refractivity contribution in [2.24, 2.45) is 0 Å². The lowest BCUT2D eigenvalue weighted by molar-refractivity contribution is -0.384. The maximum absolute atomic E-state index is 10.6. The minimum Gasteiger partial charge on any atom is -0.492 e. The van der Waals surface area contributed by atoms with Crippen molar-refractivity contribution in [2.75, 3.05) is 39.3 Å². The number of non-ortho nitro benzene ring substituents is 1. The number of benzene rings is 1. The maximum Gasteiger partial charge on any atom is 0.273 e. The Hall–Kier alpha value is -1.08. The summed E-state index contributed by atoms with van der Waals surface area (Å²) in [7, 11) is 0. The number of hydrogen-bond donors (Lipinski definition) is 1. The number of nitro groups is 1. The second-order valence-electron chi connectivity index (χ2n) is 4.19. The van der Waals surface area contributed by atoms with Crippen molar-refractivity contribution < 1.29 is 9.66 Å². The van der Waals surface area contributed by atoms with Gasteiger partial charge in [-0.05, 0) is 6.07 Å². The first-order valence-corrected chi connectivity index (χ1v) is 6.06. The number of hydrogen-bond acceptors (Lipinski definition) is 5. The van der Waals surface area contributed by atoms with Crippen molar-refractivity contribution in [3.05, 3.63) is 34.4 Å². The lowest BCUT2D eigenvalue weighted by atomic mass is 10.3. The molecule has 1 aromatic carbocycles. The first-order valence-electron chi connectivity index (χ1n) is 6.06. The topological polar surface area (TPSA) is 67.6 Å². The summed E-state index contributed by atoms with van der Waals surface area (Å²) in [6.07, 6.45) is 0. The summed E-state index contributed by atoms with van der Waals surface area (Å²) in [4.78, 5) is 12.5. The Balaban J connectivity index is 0.00000180. The monoisotopic (exact) mass is 323 g/mol. The molecule has 0 unspecified atom stereocenters. The molecule has 2 rings (SSSR count). The molecule has 114 valence electrons. The second-order valence-corrected chi connectivity index (χ2v) is 4.19. The molecule has 1 saturated heterocycles. The van der Waals surface area contributed by atoms with E-state index in [9.17, 15) is 10.1 Å². The highest BCUT2D eigenvalue weighted by atomic mass is 35.5. The van der Waals surface area contributed by atoms with Crippen LogP contribution in [0.1, 0.15) is 0 Å². The molecule has 0 spiro atoms. The van der Waals surface area contributed by atoms with Crippen LogP contribution in [-0.2, 0) is 0 Å². The highest BCUT2D eigenvalue weighted by Gasteiger charge is 2.10. The average molecular weight is 324 g/mol. The fourth-order valence-electron chi connectivity index (χ4n) is 1.91. The molecule has 0 aromatic heterocycles. The molecule has 0 saturated carbocycles. The summed E-state index contributed by atoms with van der Waals surface area (Å²) in [5.41, 5.74) is 0.0645. The van der Waals surface area contributed by atoms with Crippen LogP contribution in [0.2, 0.25) is 0 Å². The van der Waals surface area contributed by atoms with Crippen molar-refractivity contribution in [3.8, 4) is 5.75 Å². The van der Waals surface area contributed by atoms with E-state index in [0.29, 0.717) is 12.4 Å². The molecule has 0 bridgehead atoms. The summed E-state index contributed by atoms with van der Waals surface area (Å²) < 4.78 is 5.53. The molecule has 6 nitrogen and oxygen atoms in total. The largest absolute Gasteiger partial charge is 0.492 e. The number of nitrogens with zero attached hydrogens (tertiary/aromatic N) is 2. The molecule has 1 aromatic rings. The van der Waals surface area contributed by atoms with Gasteiger partial charge < -0.3 is 10.1 Å². The van der Waals surface area contributed by atoms with Gasteiger partial charge in [-0.2, -0.15) is 0 Å². The average Bonchev–Trinajstić information content (AvgIpc) is 2.40. The lowest BCUT2D eigenvalue weighted by Gasteiger charge is -2.26. The summed E-state index contributed by atoms with van der Waals surface area (Å²) in [5.74, 6) is 0.555. The molecule has 0 amide bonds. The zero-order valence-corrected chi connectivity index (χ0v) is 12.6. The Labute approximate surface area is 130 Å². The Morgan fingerprint density at radius 2 is 2.00 bits per heavy atom. The third kappa shape index (κ3) is 5.92. The normalized spacial score (nSPS) is 14.8. The number of halogens is 2. The van der Waals surface area contributed by atoms with Crippen molar-refractivity contribution in [1.82, 2.24) is 10.2 Å². The first kappa shape index (κ1) is 18.9. The van der Waals surface area contributed by atoms with Crippen LogP contribution in [0.3, 0.4) is 0 Å². The Morgan fingerprint density at radius 1 is 1.30 bits per heavy atom. The van der Waals surface area contributed by atoms with Crippen LogP contribution in [0.15, 0.2) is 24.3 Å². The van der Waals surface area contributed by atoms with E-state index in [1.807, 2.05) is 0 Å². The molecule has 20 heavy (non-hydrogen) atoms. The number of rotatable bonds is 5. The van der Waals surface area contributed by atoms with E-state index in [0.717, 1.165) is 32.7 Å². The van der Waals surface area contributed by atoms with Crippen LogP contribution in [0.4, 0.5) is 5.69 Å². The predicted molar refractivity (Wildman–Crippen MR) is 82.4 cm³/mol. The number of piperazine rings is 1. The van der Waals surface area contributed by atoms with Crippen molar-refractivity contribution in [3.63, 3.8) is 0 Å². The quantitative estimate of drug-likeness (QED) is 0.660. The second kappa shape index (κ2) is 9.77. The summed E-state index contributed by atoms with van der Waals surface area (Å²) >= 11 is 0. The Kier molecular flexibility index (Phi) is 9.24. The Morgan fingerprint density at radius 3 is 2.65 bits per heavy atom. The summed E-state index contributed by atoms with van der Waals surface area (Å²) in [6.45, 7) is 5.48. The SMILES string of the molecule is Cl.Cl.O=[N+]([O-])c1cccc(OCCN2CCNCC2)c1. The van der Waals surface area contributed by atoms with Crippen molar-refractivity contribution in [1.29, 1.82) is 0 Å². The first-order chi connectivity index (χ1) is 8.75. The van der Waals surface area contributed by atoms with E-state index in [1.54, 1.807) is 12.1 Å². The molecule has 1 heterocycles. The predicted octanol–water partition coefficient (Wildman–Crippen LogP) is 1.72. The minimum atomic E-state index is -0.414. The van der Waals surface area contributed by atoms with E-state index in [4.69, 9.17) is 4.74 Å².